The molecule has 16 rings (SSSR count). The van der Waals surface area contributed by atoms with Gasteiger partial charge < -0.3 is 4.90 Å². The summed E-state index contributed by atoms with van der Waals surface area (Å²) in [6.45, 7) is 0. The highest BCUT2D eigenvalue weighted by Crippen LogP contribution is 2.66. The monoisotopic (exact) mass is 967 g/mol. The lowest BCUT2D eigenvalue weighted by Gasteiger charge is -2.40. The van der Waals surface area contributed by atoms with Crippen molar-refractivity contribution in [2.75, 3.05) is 4.90 Å². The Kier molecular flexibility index (Phi) is 8.69. The van der Waals surface area contributed by atoms with Gasteiger partial charge in [-0.1, -0.05) is 206 Å². The molecule has 0 N–H and O–H groups in total. The fraction of sp³-hybridized carbons (Fsp3) is 0.0294. The van der Waals surface area contributed by atoms with Crippen molar-refractivity contribution in [1.29, 1.82) is 0 Å². The van der Waals surface area contributed by atoms with Gasteiger partial charge in [0.2, 0.25) is 0 Å². The number of nitrogens with zero attached hydrogens (tertiary/aromatic N) is 1. The van der Waals surface area contributed by atoms with Crippen molar-refractivity contribution >= 4 is 72.1 Å². The zero-order valence-corrected chi connectivity index (χ0v) is 41.3. The molecular formula is C68H41NS3. The molecule has 1 aromatic heterocycles. The van der Waals surface area contributed by atoms with Crippen LogP contribution in [0.5, 0.6) is 0 Å². The number of hydrogen-bond acceptors (Lipinski definition) is 4. The van der Waals surface area contributed by atoms with E-state index in [0.29, 0.717) is 0 Å². The molecule has 11 aromatic carbocycles. The third-order valence-corrected chi connectivity index (χ3v) is 19.5. The minimum Gasteiger partial charge on any atom is -0.310 e. The second kappa shape index (κ2) is 15.3. The zero-order valence-electron chi connectivity index (χ0n) is 38.8. The molecule has 4 aliphatic rings. The first kappa shape index (κ1) is 40.8. The topological polar surface area (TPSA) is 3.24 Å². The number of benzene rings is 11. The highest BCUT2D eigenvalue weighted by Gasteiger charge is 2.52. The highest BCUT2D eigenvalue weighted by atomic mass is 32.2. The van der Waals surface area contributed by atoms with Crippen LogP contribution in [0.15, 0.2) is 268 Å². The van der Waals surface area contributed by atoms with Gasteiger partial charge in [0.15, 0.2) is 0 Å². The molecule has 72 heavy (non-hydrogen) atoms. The molecule has 0 fully saturated rings. The number of hydrogen-bond donors (Lipinski definition) is 0. The fourth-order valence-electron chi connectivity index (χ4n) is 13.2. The van der Waals surface area contributed by atoms with E-state index in [1.54, 1.807) is 0 Å². The molecule has 0 bridgehead atoms. The van der Waals surface area contributed by atoms with Crippen molar-refractivity contribution in [3.63, 3.8) is 0 Å². The fourth-order valence-corrected chi connectivity index (χ4v) is 16.7. The van der Waals surface area contributed by atoms with Gasteiger partial charge in [-0.3, -0.25) is 0 Å². The smallest absolute Gasteiger partial charge is 0.0736 e. The molecule has 0 saturated heterocycles. The van der Waals surface area contributed by atoms with E-state index >= 15 is 0 Å². The maximum atomic E-state index is 2.55. The lowest BCUT2D eigenvalue weighted by Crippen LogP contribution is -2.32. The molecule has 0 saturated carbocycles. The Bertz CT molecular complexity index is 4170. The first-order chi connectivity index (χ1) is 35.7. The molecular weight excluding hydrogens is 927 g/mol. The number of thiophene rings is 1. The van der Waals surface area contributed by atoms with Crippen molar-refractivity contribution in [3.05, 3.63) is 293 Å². The van der Waals surface area contributed by atoms with Crippen LogP contribution in [0.3, 0.4) is 0 Å². The molecule has 0 unspecified atom stereocenters. The summed E-state index contributed by atoms with van der Waals surface area (Å²) in [4.78, 5) is 7.79. The zero-order chi connectivity index (χ0) is 47.1. The highest BCUT2D eigenvalue weighted by molar-refractivity contribution is 7.99. The molecule has 0 radical (unpaired) electrons. The van der Waals surface area contributed by atoms with Gasteiger partial charge in [0.05, 0.1) is 16.5 Å². The Labute approximate surface area is 431 Å². The van der Waals surface area contributed by atoms with E-state index in [9.17, 15) is 0 Å². The normalized spacial score (nSPS) is 14.5. The van der Waals surface area contributed by atoms with Crippen molar-refractivity contribution in [2.45, 2.75) is 30.4 Å². The Morgan fingerprint density at radius 1 is 0.292 bits per heavy atom. The second-order valence-corrected chi connectivity index (χ2v) is 22.7. The maximum absolute atomic E-state index is 2.55. The van der Waals surface area contributed by atoms with Crippen molar-refractivity contribution in [3.8, 4) is 33.4 Å². The van der Waals surface area contributed by atoms with Crippen LogP contribution in [0.2, 0.25) is 0 Å². The summed E-state index contributed by atoms with van der Waals surface area (Å²) in [6.07, 6.45) is 0. The second-order valence-electron chi connectivity index (χ2n) is 19.4. The average Bonchev–Trinajstić information content (AvgIpc) is 4.07. The van der Waals surface area contributed by atoms with Crippen LogP contribution in [-0.4, -0.2) is 0 Å². The Morgan fingerprint density at radius 3 is 1.42 bits per heavy atom. The molecule has 12 aromatic rings. The lowest BCUT2D eigenvalue weighted by molar-refractivity contribution is 0.722. The molecule has 2 aliphatic heterocycles. The Morgan fingerprint density at radius 2 is 0.764 bits per heavy atom. The van der Waals surface area contributed by atoms with Gasteiger partial charge in [-0.05, 0) is 139 Å². The van der Waals surface area contributed by atoms with Gasteiger partial charge in [0, 0.05) is 56.7 Å². The first-order valence-electron chi connectivity index (χ1n) is 24.7. The molecule has 4 heteroatoms. The van der Waals surface area contributed by atoms with Crippen LogP contribution in [0.4, 0.5) is 17.1 Å². The maximum Gasteiger partial charge on any atom is 0.0736 e. The van der Waals surface area contributed by atoms with Crippen LogP contribution in [-0.2, 0) is 10.8 Å². The van der Waals surface area contributed by atoms with E-state index < -0.39 is 10.8 Å². The van der Waals surface area contributed by atoms with Gasteiger partial charge in [-0.15, -0.1) is 11.3 Å². The third-order valence-electron chi connectivity index (χ3n) is 16.0. The van der Waals surface area contributed by atoms with Crippen LogP contribution < -0.4 is 4.90 Å². The third kappa shape index (κ3) is 5.41. The largest absolute Gasteiger partial charge is 0.310 e. The van der Waals surface area contributed by atoms with Crippen LogP contribution in [0.25, 0.3) is 53.6 Å². The summed E-state index contributed by atoms with van der Waals surface area (Å²) in [5.41, 5.74) is 20.7. The molecule has 2 spiro atoms. The van der Waals surface area contributed by atoms with Crippen LogP contribution >= 0.6 is 34.9 Å². The average molecular weight is 968 g/mol. The van der Waals surface area contributed by atoms with E-state index in [2.05, 4.69) is 254 Å². The van der Waals surface area contributed by atoms with Crippen LogP contribution in [0.1, 0.15) is 44.5 Å². The number of rotatable bonds is 4. The van der Waals surface area contributed by atoms with Crippen molar-refractivity contribution in [1.82, 2.24) is 0 Å². The minimum absolute atomic E-state index is 0.454. The minimum atomic E-state index is -0.496. The standard InChI is InChI=1S/C68H41NS3/c1-4-19-51-46(16-1)50-41-45(37-39-53(50)67(51)54-21-6-11-28-61(54)71-62-29-12-7-22-55(62)67)69(44-35-32-42(33-36-44)43-34-38-48-47-17-3-10-27-60(47)70-65(48)40-43)59-26-15-25-58-66(59)49-18-2-5-20-52(49)68(58)56-23-8-13-30-63(56)72-64-31-14-9-24-57(64)68/h1-41H. The lowest BCUT2D eigenvalue weighted by atomic mass is 9.67. The molecule has 3 heterocycles. The van der Waals surface area contributed by atoms with Crippen LogP contribution in [0, 0.1) is 0 Å². The molecule has 2 aliphatic carbocycles. The van der Waals surface area contributed by atoms with E-state index in [-0.39, 0.29) is 0 Å². The van der Waals surface area contributed by atoms with Gasteiger partial charge in [0.25, 0.3) is 0 Å². The quantitative estimate of drug-likeness (QED) is 0.173. The first-order valence-corrected chi connectivity index (χ1v) is 27.2. The number of fused-ring (bicyclic) bond motifs is 21. The predicted octanol–water partition coefficient (Wildman–Crippen LogP) is 18.8. The summed E-state index contributed by atoms with van der Waals surface area (Å²) in [5.74, 6) is 0. The summed E-state index contributed by atoms with van der Waals surface area (Å²) in [5, 5.41) is 2.64. The summed E-state index contributed by atoms with van der Waals surface area (Å²) in [7, 11) is 0. The SMILES string of the molecule is c1ccc2c(c1)Sc1ccccc1C21c2ccccc2-c2cc(N(c3ccc(-c4ccc5c(c4)sc4ccccc45)cc3)c3cccc4c3-c3ccccc3C43c4ccccc4Sc4ccccc43)ccc21. The van der Waals surface area contributed by atoms with Gasteiger partial charge >= 0.3 is 0 Å². The molecule has 0 atom stereocenters. The van der Waals surface area contributed by atoms with E-state index in [1.165, 1.54) is 118 Å². The summed E-state index contributed by atoms with van der Waals surface area (Å²) < 4.78 is 2.64. The summed E-state index contributed by atoms with van der Waals surface area (Å²) in [6, 6.07) is 94.3. The van der Waals surface area contributed by atoms with E-state index in [1.807, 2.05) is 34.9 Å². The Hall–Kier alpha value is -7.86. The van der Waals surface area contributed by atoms with E-state index in [0.717, 1.165) is 17.1 Å². The van der Waals surface area contributed by atoms with E-state index in [4.69, 9.17) is 0 Å². The predicted molar refractivity (Wildman–Crippen MR) is 302 cm³/mol. The van der Waals surface area contributed by atoms with Gasteiger partial charge in [-0.2, -0.15) is 0 Å². The van der Waals surface area contributed by atoms with Gasteiger partial charge in [0.1, 0.15) is 0 Å². The van der Waals surface area contributed by atoms with Crippen molar-refractivity contribution < 1.29 is 0 Å². The summed E-state index contributed by atoms with van der Waals surface area (Å²) >= 11 is 5.66. The van der Waals surface area contributed by atoms with Gasteiger partial charge in [-0.25, -0.2) is 0 Å². The molecule has 336 valence electrons. The van der Waals surface area contributed by atoms with Crippen molar-refractivity contribution in [2.24, 2.45) is 0 Å². The molecule has 1 nitrogen and oxygen atoms in total. The Balaban J connectivity index is 0.944. The number of anilines is 3. The molecule has 0 amide bonds.